The highest BCUT2D eigenvalue weighted by atomic mass is 32.1. The summed E-state index contributed by atoms with van der Waals surface area (Å²) in [5, 5.41) is 14.2. The van der Waals surface area contributed by atoms with Crippen LogP contribution in [0.2, 0.25) is 0 Å². The lowest BCUT2D eigenvalue weighted by Crippen LogP contribution is -2.12. The van der Waals surface area contributed by atoms with E-state index in [1.54, 1.807) is 62.1 Å². The van der Waals surface area contributed by atoms with E-state index in [0.717, 1.165) is 11.1 Å². The molecular weight excluding hydrogens is 450 g/mol. The number of aromatic nitrogens is 1. The summed E-state index contributed by atoms with van der Waals surface area (Å²) >= 11 is 1.35. The van der Waals surface area contributed by atoms with Crippen molar-refractivity contribution in [2.45, 2.75) is 6.61 Å². The van der Waals surface area contributed by atoms with Crippen LogP contribution >= 0.6 is 11.3 Å². The first-order valence-corrected chi connectivity index (χ1v) is 11.2. The van der Waals surface area contributed by atoms with E-state index in [0.29, 0.717) is 45.8 Å². The minimum atomic E-state index is -0.330. The van der Waals surface area contributed by atoms with Crippen molar-refractivity contribution < 1.29 is 19.0 Å². The second-order valence-corrected chi connectivity index (χ2v) is 8.02. The first kappa shape index (κ1) is 22.8. The minimum absolute atomic E-state index is 0.296. The predicted octanol–water partition coefficient (Wildman–Crippen LogP) is 5.53. The number of rotatable bonds is 8. The smallest absolute Gasteiger partial charge is 0.275 e. The molecule has 0 saturated heterocycles. The molecule has 0 aliphatic carbocycles. The summed E-state index contributed by atoms with van der Waals surface area (Å²) in [4.78, 5) is 17.3. The van der Waals surface area contributed by atoms with E-state index in [1.807, 2.05) is 24.3 Å². The molecule has 0 atom stereocenters. The lowest BCUT2D eigenvalue weighted by atomic mass is 10.1. The molecule has 4 aromatic rings. The van der Waals surface area contributed by atoms with Gasteiger partial charge in [0.2, 0.25) is 0 Å². The number of benzene rings is 3. The number of nitrogens with one attached hydrogen (secondary N) is 1. The van der Waals surface area contributed by atoms with Gasteiger partial charge in [0.25, 0.3) is 5.91 Å². The Morgan fingerprint density at radius 3 is 2.68 bits per heavy atom. The minimum Gasteiger partial charge on any atom is -0.493 e. The Morgan fingerprint density at radius 2 is 1.88 bits per heavy atom. The van der Waals surface area contributed by atoms with Crippen LogP contribution in [0.3, 0.4) is 0 Å². The van der Waals surface area contributed by atoms with Gasteiger partial charge in [-0.2, -0.15) is 5.26 Å². The van der Waals surface area contributed by atoms with Gasteiger partial charge < -0.3 is 19.5 Å². The highest BCUT2D eigenvalue weighted by Crippen LogP contribution is 2.39. The zero-order chi connectivity index (χ0) is 23.9. The lowest BCUT2D eigenvalue weighted by molar-refractivity contribution is 0.102. The van der Waals surface area contributed by atoms with Gasteiger partial charge in [-0.05, 0) is 42.0 Å². The number of thiazole rings is 1. The molecule has 1 aromatic heterocycles. The van der Waals surface area contributed by atoms with Gasteiger partial charge in [-0.25, -0.2) is 4.98 Å². The SMILES string of the molecule is COc1cccc(-c2nc(C(=O)Nc3cccc(OCc4cccc(C#N)c4)c3)cs2)c1OC. The fourth-order valence-corrected chi connectivity index (χ4v) is 4.14. The number of carbonyl (C=O) groups excluding carboxylic acids is 1. The van der Waals surface area contributed by atoms with E-state index in [-0.39, 0.29) is 5.91 Å². The number of hydrogen-bond donors (Lipinski definition) is 1. The van der Waals surface area contributed by atoms with Gasteiger partial charge in [-0.1, -0.05) is 24.3 Å². The van der Waals surface area contributed by atoms with E-state index in [9.17, 15) is 4.79 Å². The number of carbonyl (C=O) groups is 1. The van der Waals surface area contributed by atoms with E-state index >= 15 is 0 Å². The van der Waals surface area contributed by atoms with Crippen LogP contribution < -0.4 is 19.5 Å². The fraction of sp³-hybridized carbons (Fsp3) is 0.115. The van der Waals surface area contributed by atoms with Gasteiger partial charge in [-0.15, -0.1) is 11.3 Å². The summed E-state index contributed by atoms with van der Waals surface area (Å²) in [7, 11) is 3.14. The van der Waals surface area contributed by atoms with Crippen LogP contribution in [0.5, 0.6) is 17.2 Å². The standard InChI is InChI=1S/C26H21N3O4S/c1-31-23-11-5-10-21(24(23)32-2)26-29-22(16-34-26)25(30)28-19-8-4-9-20(13-19)33-15-18-7-3-6-17(12-18)14-27/h3-13,16H,15H2,1-2H3,(H,28,30). The molecule has 1 N–H and O–H groups in total. The highest BCUT2D eigenvalue weighted by Gasteiger charge is 2.17. The van der Waals surface area contributed by atoms with Crippen LogP contribution in [0.15, 0.2) is 72.1 Å². The lowest BCUT2D eigenvalue weighted by Gasteiger charge is -2.10. The number of para-hydroxylation sites is 1. The quantitative estimate of drug-likeness (QED) is 0.363. The van der Waals surface area contributed by atoms with Gasteiger partial charge in [0.15, 0.2) is 11.5 Å². The van der Waals surface area contributed by atoms with Crippen LogP contribution in [-0.4, -0.2) is 25.1 Å². The zero-order valence-electron chi connectivity index (χ0n) is 18.6. The predicted molar refractivity (Wildman–Crippen MR) is 131 cm³/mol. The maximum atomic E-state index is 12.8. The second-order valence-electron chi connectivity index (χ2n) is 7.16. The molecule has 0 spiro atoms. The number of methoxy groups -OCH3 is 2. The number of hydrogen-bond acceptors (Lipinski definition) is 7. The van der Waals surface area contributed by atoms with Crippen LogP contribution in [0.4, 0.5) is 5.69 Å². The molecule has 170 valence electrons. The molecule has 0 saturated carbocycles. The van der Waals surface area contributed by atoms with Crippen LogP contribution in [0.1, 0.15) is 21.6 Å². The van der Waals surface area contributed by atoms with Crippen LogP contribution in [-0.2, 0) is 6.61 Å². The molecule has 0 aliphatic heterocycles. The number of amides is 1. The molecule has 8 heteroatoms. The summed E-state index contributed by atoms with van der Waals surface area (Å²) in [6.07, 6.45) is 0. The first-order chi connectivity index (χ1) is 16.6. The fourth-order valence-electron chi connectivity index (χ4n) is 3.31. The third-order valence-electron chi connectivity index (χ3n) is 4.92. The third-order valence-corrected chi connectivity index (χ3v) is 5.80. The van der Waals surface area contributed by atoms with Crippen LogP contribution in [0, 0.1) is 11.3 Å². The summed E-state index contributed by atoms with van der Waals surface area (Å²) < 4.78 is 16.7. The summed E-state index contributed by atoms with van der Waals surface area (Å²) in [6.45, 7) is 0.310. The largest absolute Gasteiger partial charge is 0.493 e. The van der Waals surface area contributed by atoms with Crippen molar-refractivity contribution in [1.82, 2.24) is 4.98 Å². The second kappa shape index (κ2) is 10.5. The van der Waals surface area contributed by atoms with Crippen molar-refractivity contribution in [2.75, 3.05) is 19.5 Å². The summed E-state index contributed by atoms with van der Waals surface area (Å²) in [5.41, 5.74) is 3.10. The Bertz CT molecular complexity index is 1360. The van der Waals surface area contributed by atoms with Crippen molar-refractivity contribution in [2.24, 2.45) is 0 Å². The van der Waals surface area contributed by atoms with Gasteiger partial charge in [0.05, 0.1) is 31.4 Å². The monoisotopic (exact) mass is 471 g/mol. The summed E-state index contributed by atoms with van der Waals surface area (Å²) in [6, 6.07) is 22.0. The Balaban J connectivity index is 1.45. The highest BCUT2D eigenvalue weighted by molar-refractivity contribution is 7.13. The van der Waals surface area contributed by atoms with Crippen molar-refractivity contribution in [3.05, 3.63) is 88.9 Å². The van der Waals surface area contributed by atoms with Crippen molar-refractivity contribution in [3.63, 3.8) is 0 Å². The normalized spacial score (nSPS) is 10.3. The van der Waals surface area contributed by atoms with Crippen LogP contribution in [0.25, 0.3) is 10.6 Å². The van der Waals surface area contributed by atoms with E-state index in [4.69, 9.17) is 19.5 Å². The van der Waals surface area contributed by atoms with E-state index in [1.165, 1.54) is 11.3 Å². The Morgan fingerprint density at radius 1 is 1.06 bits per heavy atom. The number of anilines is 1. The molecule has 0 aliphatic rings. The number of ether oxygens (including phenoxy) is 3. The number of nitriles is 1. The van der Waals surface area contributed by atoms with Gasteiger partial charge in [0.1, 0.15) is 23.1 Å². The number of nitrogens with zero attached hydrogens (tertiary/aromatic N) is 2. The zero-order valence-corrected chi connectivity index (χ0v) is 19.4. The first-order valence-electron chi connectivity index (χ1n) is 10.3. The van der Waals surface area contributed by atoms with Crippen molar-refractivity contribution >= 4 is 22.9 Å². The maximum absolute atomic E-state index is 12.8. The molecule has 4 rings (SSSR count). The molecule has 3 aromatic carbocycles. The molecular formula is C26H21N3O4S. The molecule has 0 fully saturated rings. The van der Waals surface area contributed by atoms with Crippen molar-refractivity contribution in [1.29, 1.82) is 5.26 Å². The molecule has 34 heavy (non-hydrogen) atoms. The van der Waals surface area contributed by atoms with E-state index < -0.39 is 0 Å². The Labute approximate surface area is 201 Å². The molecule has 0 bridgehead atoms. The molecule has 0 unspecified atom stereocenters. The molecule has 7 nitrogen and oxygen atoms in total. The van der Waals surface area contributed by atoms with Gasteiger partial charge in [-0.3, -0.25) is 4.79 Å². The van der Waals surface area contributed by atoms with Gasteiger partial charge in [0, 0.05) is 17.1 Å². The average molecular weight is 472 g/mol. The Hall–Kier alpha value is -4.35. The Kier molecular flexibility index (Phi) is 7.06. The molecule has 1 amide bonds. The third kappa shape index (κ3) is 5.17. The molecule has 0 radical (unpaired) electrons. The summed E-state index contributed by atoms with van der Waals surface area (Å²) in [5.74, 6) is 1.43. The van der Waals surface area contributed by atoms with Crippen molar-refractivity contribution in [3.8, 4) is 33.9 Å². The topological polar surface area (TPSA) is 93.5 Å². The average Bonchev–Trinajstić information content (AvgIpc) is 3.37. The van der Waals surface area contributed by atoms with E-state index in [2.05, 4.69) is 16.4 Å². The van der Waals surface area contributed by atoms with Gasteiger partial charge >= 0.3 is 0 Å². The maximum Gasteiger partial charge on any atom is 0.275 e. The molecule has 1 heterocycles.